The Hall–Kier alpha value is -3.34. The maximum atomic E-state index is 13.2. The summed E-state index contributed by atoms with van der Waals surface area (Å²) in [6, 6.07) is 17.4. The summed E-state index contributed by atoms with van der Waals surface area (Å²) in [6.07, 6.45) is 1.73. The van der Waals surface area contributed by atoms with Crippen LogP contribution in [-0.2, 0) is 20.9 Å². The SMILES string of the molecule is CCOC(=O)C1=C(C)N(CC(C)C)C(=O)/C1=C\c1ccccc1OCc1ccccc1. The molecule has 0 bridgehead atoms. The second-order valence-corrected chi connectivity index (χ2v) is 7.86. The number of benzene rings is 2. The van der Waals surface area contributed by atoms with E-state index in [9.17, 15) is 9.59 Å². The Labute approximate surface area is 184 Å². The zero-order valence-corrected chi connectivity index (χ0v) is 18.6. The molecule has 0 spiro atoms. The van der Waals surface area contributed by atoms with Gasteiger partial charge in [0.1, 0.15) is 12.4 Å². The normalized spacial score (nSPS) is 15.2. The van der Waals surface area contributed by atoms with Crippen molar-refractivity contribution in [2.24, 2.45) is 5.92 Å². The number of esters is 1. The van der Waals surface area contributed by atoms with Crippen molar-refractivity contribution in [3.8, 4) is 5.75 Å². The molecule has 1 heterocycles. The molecule has 2 aromatic rings. The monoisotopic (exact) mass is 419 g/mol. The van der Waals surface area contributed by atoms with Crippen molar-refractivity contribution >= 4 is 18.0 Å². The van der Waals surface area contributed by atoms with E-state index in [4.69, 9.17) is 9.47 Å². The zero-order valence-electron chi connectivity index (χ0n) is 18.6. The summed E-state index contributed by atoms with van der Waals surface area (Å²) in [5.41, 5.74) is 3.08. The van der Waals surface area contributed by atoms with Crippen LogP contribution >= 0.6 is 0 Å². The average Bonchev–Trinajstić information content (AvgIpc) is 2.98. The van der Waals surface area contributed by atoms with Crippen LogP contribution in [-0.4, -0.2) is 29.9 Å². The van der Waals surface area contributed by atoms with Gasteiger partial charge < -0.3 is 14.4 Å². The molecule has 0 fully saturated rings. The van der Waals surface area contributed by atoms with E-state index in [0.717, 1.165) is 11.1 Å². The molecule has 31 heavy (non-hydrogen) atoms. The molecule has 0 radical (unpaired) electrons. The van der Waals surface area contributed by atoms with Crippen LogP contribution in [0.25, 0.3) is 6.08 Å². The summed E-state index contributed by atoms with van der Waals surface area (Å²) in [7, 11) is 0. The number of allylic oxidation sites excluding steroid dienone is 1. The summed E-state index contributed by atoms with van der Waals surface area (Å²) in [5.74, 6) is 0.249. The lowest BCUT2D eigenvalue weighted by Gasteiger charge is -2.20. The molecule has 0 N–H and O–H groups in total. The van der Waals surface area contributed by atoms with Gasteiger partial charge in [-0.3, -0.25) is 4.79 Å². The largest absolute Gasteiger partial charge is 0.488 e. The van der Waals surface area contributed by atoms with E-state index in [1.165, 1.54) is 0 Å². The Bertz CT molecular complexity index is 1010. The second kappa shape index (κ2) is 10.1. The molecule has 0 saturated carbocycles. The van der Waals surface area contributed by atoms with Gasteiger partial charge in [0, 0.05) is 17.8 Å². The summed E-state index contributed by atoms with van der Waals surface area (Å²) in [5, 5.41) is 0. The molecule has 1 amide bonds. The van der Waals surface area contributed by atoms with Crippen molar-refractivity contribution in [1.29, 1.82) is 0 Å². The predicted molar refractivity (Wildman–Crippen MR) is 121 cm³/mol. The Morgan fingerprint density at radius 2 is 1.74 bits per heavy atom. The number of rotatable bonds is 8. The van der Waals surface area contributed by atoms with Crippen LogP contribution in [0.4, 0.5) is 0 Å². The highest BCUT2D eigenvalue weighted by Gasteiger charge is 2.37. The van der Waals surface area contributed by atoms with Gasteiger partial charge in [0.05, 0.1) is 17.8 Å². The molecule has 2 aromatic carbocycles. The van der Waals surface area contributed by atoms with Gasteiger partial charge in [-0.2, -0.15) is 0 Å². The third-order valence-corrected chi connectivity index (χ3v) is 4.99. The maximum Gasteiger partial charge on any atom is 0.340 e. The molecule has 5 nitrogen and oxygen atoms in total. The number of carbonyl (C=O) groups is 2. The van der Waals surface area contributed by atoms with E-state index in [2.05, 4.69) is 0 Å². The Morgan fingerprint density at radius 1 is 1.06 bits per heavy atom. The fourth-order valence-electron chi connectivity index (χ4n) is 3.54. The quantitative estimate of drug-likeness (QED) is 0.447. The lowest BCUT2D eigenvalue weighted by molar-refractivity contribution is -0.138. The van der Waals surface area contributed by atoms with Crippen LogP contribution in [0.5, 0.6) is 5.75 Å². The van der Waals surface area contributed by atoms with Crippen molar-refractivity contribution < 1.29 is 19.1 Å². The zero-order chi connectivity index (χ0) is 22.4. The standard InChI is InChI=1S/C26H29NO4/c1-5-30-26(29)24-19(4)27(16-18(2)3)25(28)22(24)15-21-13-9-10-14-23(21)31-17-20-11-7-6-8-12-20/h6-15,18H,5,16-17H2,1-4H3/b22-15-. The number of nitrogens with zero attached hydrogens (tertiary/aromatic N) is 1. The van der Waals surface area contributed by atoms with E-state index in [0.29, 0.717) is 35.7 Å². The minimum atomic E-state index is -0.478. The molecule has 0 aliphatic carbocycles. The highest BCUT2D eigenvalue weighted by Crippen LogP contribution is 2.34. The van der Waals surface area contributed by atoms with Crippen molar-refractivity contribution in [1.82, 2.24) is 4.90 Å². The summed E-state index contributed by atoms with van der Waals surface area (Å²) < 4.78 is 11.3. The van der Waals surface area contributed by atoms with Crippen LogP contribution in [0.15, 0.2) is 71.4 Å². The van der Waals surface area contributed by atoms with E-state index >= 15 is 0 Å². The molecule has 162 valence electrons. The van der Waals surface area contributed by atoms with Gasteiger partial charge in [-0.25, -0.2) is 4.79 Å². The van der Waals surface area contributed by atoms with Crippen molar-refractivity contribution in [2.45, 2.75) is 34.3 Å². The maximum absolute atomic E-state index is 13.2. The van der Waals surface area contributed by atoms with Crippen LogP contribution < -0.4 is 4.74 Å². The van der Waals surface area contributed by atoms with Crippen LogP contribution in [0.2, 0.25) is 0 Å². The topological polar surface area (TPSA) is 55.8 Å². The Kier molecular flexibility index (Phi) is 7.29. The minimum absolute atomic E-state index is 0.188. The van der Waals surface area contributed by atoms with Gasteiger partial charge in [-0.15, -0.1) is 0 Å². The molecular weight excluding hydrogens is 390 g/mol. The highest BCUT2D eigenvalue weighted by molar-refractivity contribution is 6.16. The first-order valence-corrected chi connectivity index (χ1v) is 10.6. The minimum Gasteiger partial charge on any atom is -0.488 e. The lowest BCUT2D eigenvalue weighted by Crippen LogP contribution is -2.28. The van der Waals surface area contributed by atoms with Gasteiger partial charge >= 0.3 is 5.97 Å². The molecule has 0 aromatic heterocycles. The fraction of sp³-hybridized carbons (Fsp3) is 0.308. The van der Waals surface area contributed by atoms with Gasteiger partial charge in [-0.1, -0.05) is 62.4 Å². The predicted octanol–water partition coefficient (Wildman–Crippen LogP) is 4.98. The van der Waals surface area contributed by atoms with Gasteiger partial charge in [0.15, 0.2) is 0 Å². The first-order valence-electron chi connectivity index (χ1n) is 10.6. The van der Waals surface area contributed by atoms with Gasteiger partial charge in [-0.05, 0) is 37.5 Å². The molecule has 0 saturated heterocycles. The first kappa shape index (κ1) is 22.3. The third kappa shape index (κ3) is 5.23. The highest BCUT2D eigenvalue weighted by atomic mass is 16.5. The van der Waals surface area contributed by atoms with Crippen LogP contribution in [0.3, 0.4) is 0 Å². The molecule has 5 heteroatoms. The summed E-state index contributed by atoms with van der Waals surface area (Å²) >= 11 is 0. The molecular formula is C26H29NO4. The van der Waals surface area contributed by atoms with Crippen molar-refractivity contribution in [3.05, 3.63) is 82.6 Å². The fourth-order valence-corrected chi connectivity index (χ4v) is 3.54. The molecule has 1 aliphatic heterocycles. The molecule has 1 aliphatic rings. The van der Waals surface area contributed by atoms with E-state index in [-0.39, 0.29) is 18.4 Å². The number of amides is 1. The number of para-hydroxylation sites is 1. The Balaban J connectivity index is 1.97. The number of hydrogen-bond donors (Lipinski definition) is 0. The van der Waals surface area contributed by atoms with E-state index in [1.807, 2.05) is 68.4 Å². The van der Waals surface area contributed by atoms with E-state index < -0.39 is 5.97 Å². The molecule has 3 rings (SSSR count). The van der Waals surface area contributed by atoms with Crippen LogP contribution in [0, 0.1) is 5.92 Å². The summed E-state index contributed by atoms with van der Waals surface area (Å²) in [6.45, 7) is 8.83. The van der Waals surface area contributed by atoms with Crippen molar-refractivity contribution in [2.75, 3.05) is 13.2 Å². The Morgan fingerprint density at radius 3 is 2.42 bits per heavy atom. The number of carbonyl (C=O) groups excluding carboxylic acids is 2. The first-order chi connectivity index (χ1) is 14.9. The lowest BCUT2D eigenvalue weighted by atomic mass is 10.0. The average molecular weight is 420 g/mol. The molecule has 0 unspecified atom stereocenters. The van der Waals surface area contributed by atoms with Crippen LogP contribution in [0.1, 0.15) is 38.8 Å². The third-order valence-electron chi connectivity index (χ3n) is 4.99. The van der Waals surface area contributed by atoms with E-state index in [1.54, 1.807) is 24.8 Å². The van der Waals surface area contributed by atoms with Gasteiger partial charge in [0.2, 0.25) is 0 Å². The smallest absolute Gasteiger partial charge is 0.340 e. The number of hydrogen-bond acceptors (Lipinski definition) is 4. The number of ether oxygens (including phenoxy) is 2. The second-order valence-electron chi connectivity index (χ2n) is 7.86. The summed E-state index contributed by atoms with van der Waals surface area (Å²) in [4.78, 5) is 27.6. The van der Waals surface area contributed by atoms with Gasteiger partial charge in [0.25, 0.3) is 5.91 Å². The van der Waals surface area contributed by atoms with Crippen molar-refractivity contribution in [3.63, 3.8) is 0 Å². The molecule has 0 atom stereocenters.